The van der Waals surface area contributed by atoms with Gasteiger partial charge in [0.15, 0.2) is 0 Å². The van der Waals surface area contributed by atoms with Gasteiger partial charge in [0, 0.05) is 21.1 Å². The molecule has 1 N–H and O–H groups in total. The highest BCUT2D eigenvalue weighted by Gasteiger charge is 2.13. The molecule has 3 heteroatoms. The summed E-state index contributed by atoms with van der Waals surface area (Å²) >= 11 is 8.02. The van der Waals surface area contributed by atoms with Crippen LogP contribution < -0.4 is 5.32 Å². The van der Waals surface area contributed by atoms with Gasteiger partial charge < -0.3 is 5.32 Å². The highest BCUT2D eigenvalue weighted by molar-refractivity contribution is 7.19. The average molecular weight is 282 g/mol. The second-order valence-corrected chi connectivity index (χ2v) is 6.60. The second kappa shape index (κ2) is 6.05. The average Bonchev–Trinajstić information content (AvgIpc) is 2.64. The van der Waals surface area contributed by atoms with E-state index in [1.165, 1.54) is 20.5 Å². The third-order valence-corrected chi connectivity index (χ3v) is 4.43. The molecule has 1 aromatic carbocycles. The summed E-state index contributed by atoms with van der Waals surface area (Å²) in [4.78, 5) is 1.46. The summed E-state index contributed by atoms with van der Waals surface area (Å²) in [6.07, 6.45) is 1.13. The summed E-state index contributed by atoms with van der Waals surface area (Å²) in [5, 5.41) is 5.61. The van der Waals surface area contributed by atoms with Crippen LogP contribution in [0.2, 0.25) is 5.02 Å². The van der Waals surface area contributed by atoms with Crippen LogP contribution in [0.1, 0.15) is 31.2 Å². The van der Waals surface area contributed by atoms with E-state index in [0.29, 0.717) is 5.92 Å². The van der Waals surface area contributed by atoms with Gasteiger partial charge in [-0.2, -0.15) is 0 Å². The van der Waals surface area contributed by atoms with E-state index in [1.807, 2.05) is 17.4 Å². The van der Waals surface area contributed by atoms with E-state index in [2.05, 4.69) is 38.2 Å². The van der Waals surface area contributed by atoms with Gasteiger partial charge in [-0.15, -0.1) is 11.3 Å². The Hall–Kier alpha value is -0.570. The number of thiophene rings is 1. The maximum Gasteiger partial charge on any atom is 0.0413 e. The molecule has 0 bridgehead atoms. The molecule has 1 heterocycles. The number of benzene rings is 1. The van der Waals surface area contributed by atoms with E-state index < -0.39 is 0 Å². The molecular weight excluding hydrogens is 262 g/mol. The lowest BCUT2D eigenvalue weighted by atomic mass is 10.00. The SMILES string of the molecule is CCNCc1sc2ccc(Cl)cc2c1CC(C)C. The van der Waals surface area contributed by atoms with E-state index in [1.54, 1.807) is 0 Å². The topological polar surface area (TPSA) is 12.0 Å². The van der Waals surface area contributed by atoms with Crippen molar-refractivity contribution < 1.29 is 0 Å². The monoisotopic (exact) mass is 281 g/mol. The molecule has 0 amide bonds. The van der Waals surface area contributed by atoms with Crippen LogP contribution in [0.4, 0.5) is 0 Å². The Morgan fingerprint density at radius 1 is 1.33 bits per heavy atom. The highest BCUT2D eigenvalue weighted by atomic mass is 35.5. The number of rotatable bonds is 5. The number of halogens is 1. The first-order valence-corrected chi connectivity index (χ1v) is 7.71. The van der Waals surface area contributed by atoms with Crippen molar-refractivity contribution in [2.24, 2.45) is 5.92 Å². The molecule has 2 aromatic rings. The highest BCUT2D eigenvalue weighted by Crippen LogP contribution is 2.34. The van der Waals surface area contributed by atoms with Gasteiger partial charge in [0.1, 0.15) is 0 Å². The van der Waals surface area contributed by atoms with E-state index >= 15 is 0 Å². The predicted octanol–water partition coefficient (Wildman–Crippen LogP) is 4.86. The quantitative estimate of drug-likeness (QED) is 0.825. The summed E-state index contributed by atoms with van der Waals surface area (Å²) in [5.41, 5.74) is 1.48. The summed E-state index contributed by atoms with van der Waals surface area (Å²) in [5.74, 6) is 0.669. The fourth-order valence-corrected chi connectivity index (χ4v) is 3.54. The molecule has 1 aromatic heterocycles. The van der Waals surface area contributed by atoms with Crippen molar-refractivity contribution in [2.75, 3.05) is 6.54 Å². The Bertz CT molecular complexity index is 531. The lowest BCUT2D eigenvalue weighted by Gasteiger charge is -2.08. The van der Waals surface area contributed by atoms with Crippen LogP contribution in [0.5, 0.6) is 0 Å². The third-order valence-electron chi connectivity index (χ3n) is 2.98. The molecular formula is C15H20ClNS. The molecule has 0 saturated heterocycles. The van der Waals surface area contributed by atoms with Crippen LogP contribution in [0.3, 0.4) is 0 Å². The zero-order valence-corrected chi connectivity index (χ0v) is 12.8. The zero-order valence-electron chi connectivity index (χ0n) is 11.2. The van der Waals surface area contributed by atoms with E-state index in [-0.39, 0.29) is 0 Å². The Morgan fingerprint density at radius 2 is 2.11 bits per heavy atom. The summed E-state index contributed by atoms with van der Waals surface area (Å²) in [7, 11) is 0. The van der Waals surface area contributed by atoms with Crippen molar-refractivity contribution in [3.05, 3.63) is 33.7 Å². The molecule has 0 aliphatic heterocycles. The standard InChI is InChI=1S/C15H20ClNS/c1-4-17-9-15-12(7-10(2)3)13-8-11(16)5-6-14(13)18-15/h5-6,8,10,17H,4,7,9H2,1-3H3. The van der Waals surface area contributed by atoms with Crippen LogP contribution in [-0.4, -0.2) is 6.54 Å². The molecule has 1 nitrogen and oxygen atoms in total. The lowest BCUT2D eigenvalue weighted by molar-refractivity contribution is 0.641. The number of hydrogen-bond donors (Lipinski definition) is 1. The van der Waals surface area contributed by atoms with Crippen LogP contribution in [-0.2, 0) is 13.0 Å². The summed E-state index contributed by atoms with van der Waals surface area (Å²) in [6.45, 7) is 8.66. The second-order valence-electron chi connectivity index (χ2n) is 5.02. The van der Waals surface area contributed by atoms with Crippen LogP contribution in [0.15, 0.2) is 18.2 Å². The van der Waals surface area contributed by atoms with Gasteiger partial charge in [0.25, 0.3) is 0 Å². The molecule has 0 saturated carbocycles. The minimum Gasteiger partial charge on any atom is -0.312 e. The van der Waals surface area contributed by atoms with E-state index in [9.17, 15) is 0 Å². The van der Waals surface area contributed by atoms with Crippen molar-refractivity contribution in [1.82, 2.24) is 5.32 Å². The lowest BCUT2D eigenvalue weighted by Crippen LogP contribution is -2.12. The minimum atomic E-state index is 0.669. The van der Waals surface area contributed by atoms with E-state index in [0.717, 1.165) is 24.5 Å². The molecule has 0 fully saturated rings. The summed E-state index contributed by atoms with van der Waals surface area (Å²) in [6, 6.07) is 6.23. The van der Waals surface area contributed by atoms with Gasteiger partial charge in [-0.25, -0.2) is 0 Å². The van der Waals surface area contributed by atoms with Crippen LogP contribution in [0, 0.1) is 5.92 Å². The Kier molecular flexibility index (Phi) is 4.66. The van der Waals surface area contributed by atoms with Crippen LogP contribution in [0.25, 0.3) is 10.1 Å². The Labute approximate surface area is 118 Å². The first-order valence-electron chi connectivity index (χ1n) is 6.52. The van der Waals surface area contributed by atoms with Gasteiger partial charge in [-0.3, -0.25) is 0 Å². The zero-order chi connectivity index (χ0) is 13.1. The normalized spacial score (nSPS) is 11.6. The fraction of sp³-hybridized carbons (Fsp3) is 0.467. The third kappa shape index (κ3) is 3.05. The van der Waals surface area contributed by atoms with Gasteiger partial charge in [0.05, 0.1) is 0 Å². The van der Waals surface area contributed by atoms with Crippen molar-refractivity contribution in [3.8, 4) is 0 Å². The maximum atomic E-state index is 6.13. The van der Waals surface area contributed by atoms with E-state index in [4.69, 9.17) is 11.6 Å². The largest absolute Gasteiger partial charge is 0.312 e. The van der Waals surface area contributed by atoms with Gasteiger partial charge in [-0.05, 0) is 48.0 Å². The molecule has 0 atom stereocenters. The molecule has 98 valence electrons. The Balaban J connectivity index is 2.47. The maximum absolute atomic E-state index is 6.13. The number of fused-ring (bicyclic) bond motifs is 1. The first-order chi connectivity index (χ1) is 8.61. The molecule has 0 unspecified atom stereocenters. The van der Waals surface area contributed by atoms with Crippen molar-refractivity contribution >= 4 is 33.0 Å². The van der Waals surface area contributed by atoms with Crippen molar-refractivity contribution in [1.29, 1.82) is 0 Å². The van der Waals surface area contributed by atoms with Gasteiger partial charge in [0.2, 0.25) is 0 Å². The molecule has 2 rings (SSSR count). The number of hydrogen-bond acceptors (Lipinski definition) is 2. The Morgan fingerprint density at radius 3 is 2.78 bits per heavy atom. The molecule has 0 aliphatic carbocycles. The van der Waals surface area contributed by atoms with Crippen LogP contribution >= 0.6 is 22.9 Å². The summed E-state index contributed by atoms with van der Waals surface area (Å²) < 4.78 is 1.35. The molecule has 0 aliphatic rings. The van der Waals surface area contributed by atoms with Gasteiger partial charge in [-0.1, -0.05) is 32.4 Å². The minimum absolute atomic E-state index is 0.669. The van der Waals surface area contributed by atoms with Crippen molar-refractivity contribution in [3.63, 3.8) is 0 Å². The number of nitrogens with one attached hydrogen (secondary N) is 1. The molecule has 18 heavy (non-hydrogen) atoms. The fourth-order valence-electron chi connectivity index (χ4n) is 2.18. The van der Waals surface area contributed by atoms with Crippen molar-refractivity contribution in [2.45, 2.75) is 33.7 Å². The molecule has 0 spiro atoms. The first kappa shape index (κ1) is 13.9. The van der Waals surface area contributed by atoms with Gasteiger partial charge >= 0.3 is 0 Å². The predicted molar refractivity (Wildman–Crippen MR) is 82.8 cm³/mol. The smallest absolute Gasteiger partial charge is 0.0413 e. The molecule has 0 radical (unpaired) electrons.